The van der Waals surface area contributed by atoms with Gasteiger partial charge >= 0.3 is 0 Å². The number of carbonyl (C=O) groups excluding carboxylic acids is 2. The first-order chi connectivity index (χ1) is 7.61. The number of likely N-dealkylation sites (tertiary alicyclic amines) is 1. The van der Waals surface area contributed by atoms with E-state index >= 15 is 0 Å². The molecule has 1 heterocycles. The monoisotopic (exact) mass is 219 g/mol. The van der Waals surface area contributed by atoms with E-state index in [2.05, 4.69) is 0 Å². The summed E-state index contributed by atoms with van der Waals surface area (Å²) in [6.07, 6.45) is 1.81. The number of rotatable bonds is 1. The van der Waals surface area contributed by atoms with Gasteiger partial charge in [0, 0.05) is 25.6 Å². The van der Waals surface area contributed by atoms with Crippen LogP contribution in [0.1, 0.15) is 30.1 Å². The molecule has 0 N–H and O–H groups in total. The average molecular weight is 219 g/mol. The fraction of sp³-hybridized carbons (Fsp3) is 0.385. The largest absolute Gasteiger partial charge is 0.346 e. The summed E-state index contributed by atoms with van der Waals surface area (Å²) >= 11 is 0. The molecule has 1 fully saturated rings. The molecule has 0 atom stereocenters. The van der Waals surface area contributed by atoms with Gasteiger partial charge in [-0.2, -0.15) is 0 Å². The average Bonchev–Trinajstić information content (AvgIpc) is 2.65. The van der Waals surface area contributed by atoms with Gasteiger partial charge in [-0.05, 0) is 13.3 Å². The number of Topliss-reactive ketones (excluding diaryl/α,β-unsaturated/α-hetero) is 1. The highest BCUT2D eigenvalue weighted by atomic mass is 16.2. The minimum atomic E-state index is 0.121. The van der Waals surface area contributed by atoms with Crippen LogP contribution in [0.4, 0.5) is 0 Å². The van der Waals surface area contributed by atoms with Crippen molar-refractivity contribution in [2.75, 3.05) is 13.6 Å². The van der Waals surface area contributed by atoms with Crippen molar-refractivity contribution in [1.29, 1.82) is 0 Å². The third kappa shape index (κ3) is 3.85. The van der Waals surface area contributed by atoms with Crippen molar-refractivity contribution < 1.29 is 9.59 Å². The Hall–Kier alpha value is -1.64. The molecular weight excluding hydrogens is 202 g/mol. The third-order valence-corrected chi connectivity index (χ3v) is 2.49. The number of ketones is 1. The van der Waals surface area contributed by atoms with E-state index in [4.69, 9.17) is 0 Å². The Morgan fingerprint density at radius 2 is 1.88 bits per heavy atom. The van der Waals surface area contributed by atoms with Crippen molar-refractivity contribution in [3.05, 3.63) is 35.9 Å². The molecule has 0 bridgehead atoms. The van der Waals surface area contributed by atoms with Crippen LogP contribution in [-0.2, 0) is 4.79 Å². The first-order valence-corrected chi connectivity index (χ1v) is 5.41. The van der Waals surface area contributed by atoms with E-state index < -0.39 is 0 Å². The number of nitrogens with zero attached hydrogens (tertiary/aromatic N) is 1. The predicted molar refractivity (Wildman–Crippen MR) is 63.3 cm³/mol. The summed E-state index contributed by atoms with van der Waals surface area (Å²) in [4.78, 5) is 22.9. The Morgan fingerprint density at radius 3 is 2.12 bits per heavy atom. The van der Waals surface area contributed by atoms with Crippen LogP contribution in [0.3, 0.4) is 0 Å². The zero-order valence-electron chi connectivity index (χ0n) is 9.77. The van der Waals surface area contributed by atoms with Gasteiger partial charge < -0.3 is 4.90 Å². The normalized spacial score (nSPS) is 14.4. The molecule has 1 saturated heterocycles. The molecule has 0 aliphatic carbocycles. The summed E-state index contributed by atoms with van der Waals surface area (Å²) in [5.41, 5.74) is 0.775. The van der Waals surface area contributed by atoms with E-state index in [0.717, 1.165) is 24.9 Å². The topological polar surface area (TPSA) is 37.4 Å². The Morgan fingerprint density at radius 1 is 1.25 bits per heavy atom. The van der Waals surface area contributed by atoms with Crippen LogP contribution in [0.2, 0.25) is 0 Å². The second-order valence-corrected chi connectivity index (χ2v) is 3.84. The molecule has 3 nitrogen and oxygen atoms in total. The van der Waals surface area contributed by atoms with Crippen LogP contribution >= 0.6 is 0 Å². The summed E-state index contributed by atoms with van der Waals surface area (Å²) in [6.45, 7) is 2.52. The molecule has 0 spiro atoms. The minimum absolute atomic E-state index is 0.121. The van der Waals surface area contributed by atoms with Gasteiger partial charge in [0.15, 0.2) is 5.78 Å². The second-order valence-electron chi connectivity index (χ2n) is 3.84. The van der Waals surface area contributed by atoms with Crippen molar-refractivity contribution >= 4 is 11.7 Å². The third-order valence-electron chi connectivity index (χ3n) is 2.49. The summed E-state index contributed by atoms with van der Waals surface area (Å²) in [5.74, 6) is 0.413. The lowest BCUT2D eigenvalue weighted by Crippen LogP contribution is -2.17. The van der Waals surface area contributed by atoms with Gasteiger partial charge in [0.05, 0.1) is 0 Å². The van der Waals surface area contributed by atoms with Gasteiger partial charge in [-0.25, -0.2) is 0 Å². The van der Waals surface area contributed by atoms with Crippen molar-refractivity contribution in [2.24, 2.45) is 0 Å². The van der Waals surface area contributed by atoms with Gasteiger partial charge in [-0.3, -0.25) is 9.59 Å². The van der Waals surface area contributed by atoms with Gasteiger partial charge in [0.1, 0.15) is 0 Å². The molecule has 1 aromatic carbocycles. The van der Waals surface area contributed by atoms with Gasteiger partial charge in [0.2, 0.25) is 5.91 Å². The lowest BCUT2D eigenvalue weighted by Gasteiger charge is -2.03. The van der Waals surface area contributed by atoms with E-state index in [0.29, 0.717) is 5.91 Å². The number of hydrogen-bond acceptors (Lipinski definition) is 2. The number of carbonyl (C=O) groups is 2. The smallest absolute Gasteiger partial charge is 0.222 e. The molecule has 86 valence electrons. The molecule has 1 amide bonds. The Kier molecular flexibility index (Phi) is 4.70. The number of amides is 1. The lowest BCUT2D eigenvalue weighted by atomic mass is 10.2. The molecular formula is C13H17NO2. The molecule has 0 saturated carbocycles. The second kappa shape index (κ2) is 6.05. The maximum absolute atomic E-state index is 10.6. The highest BCUT2D eigenvalue weighted by Crippen LogP contribution is 2.04. The van der Waals surface area contributed by atoms with Crippen LogP contribution in [0.5, 0.6) is 0 Å². The quantitative estimate of drug-likeness (QED) is 0.678. The summed E-state index contributed by atoms with van der Waals surface area (Å²) < 4.78 is 0. The fourth-order valence-corrected chi connectivity index (χ4v) is 1.46. The first-order valence-electron chi connectivity index (χ1n) is 5.41. The van der Waals surface area contributed by atoms with Crippen LogP contribution in [0.15, 0.2) is 30.3 Å². The van der Waals surface area contributed by atoms with Crippen molar-refractivity contribution in [1.82, 2.24) is 4.90 Å². The molecule has 3 heteroatoms. The van der Waals surface area contributed by atoms with Crippen LogP contribution in [0, 0.1) is 0 Å². The van der Waals surface area contributed by atoms with E-state index in [-0.39, 0.29) is 5.78 Å². The Balaban J connectivity index is 0.000000165. The number of benzene rings is 1. The standard InChI is InChI=1S/C8H8O.C5H9NO/c1-7(9)8-5-3-2-4-6-8;1-6-4-2-3-5(6)7/h2-6H,1H3;2-4H2,1H3. The van der Waals surface area contributed by atoms with Crippen LogP contribution in [0.25, 0.3) is 0 Å². The molecule has 1 aromatic rings. The predicted octanol–water partition coefficient (Wildman–Crippen LogP) is 2.13. The van der Waals surface area contributed by atoms with Gasteiger partial charge in [0.25, 0.3) is 0 Å². The van der Waals surface area contributed by atoms with Gasteiger partial charge in [-0.1, -0.05) is 30.3 Å². The zero-order valence-corrected chi connectivity index (χ0v) is 9.77. The number of hydrogen-bond donors (Lipinski definition) is 0. The SMILES string of the molecule is CC(=O)c1ccccc1.CN1CCCC1=O. The van der Waals surface area contributed by atoms with E-state index in [9.17, 15) is 9.59 Å². The minimum Gasteiger partial charge on any atom is -0.346 e. The molecule has 0 unspecified atom stereocenters. The van der Waals surface area contributed by atoms with E-state index in [1.807, 2.05) is 37.4 Å². The molecule has 0 aromatic heterocycles. The Bertz CT molecular complexity index is 359. The fourth-order valence-electron chi connectivity index (χ4n) is 1.46. The Labute approximate surface area is 96.1 Å². The van der Waals surface area contributed by atoms with Crippen molar-refractivity contribution in [3.63, 3.8) is 0 Å². The van der Waals surface area contributed by atoms with Crippen molar-refractivity contribution in [2.45, 2.75) is 19.8 Å². The molecule has 16 heavy (non-hydrogen) atoms. The van der Waals surface area contributed by atoms with Gasteiger partial charge in [-0.15, -0.1) is 0 Å². The highest BCUT2D eigenvalue weighted by molar-refractivity contribution is 5.93. The maximum Gasteiger partial charge on any atom is 0.222 e. The summed E-state index contributed by atoms with van der Waals surface area (Å²) in [6, 6.07) is 9.23. The van der Waals surface area contributed by atoms with Crippen molar-refractivity contribution in [3.8, 4) is 0 Å². The molecule has 1 aliphatic heterocycles. The molecule has 2 rings (SSSR count). The van der Waals surface area contributed by atoms with Crippen LogP contribution in [-0.4, -0.2) is 30.2 Å². The summed E-state index contributed by atoms with van der Waals surface area (Å²) in [7, 11) is 1.84. The first kappa shape index (κ1) is 12.4. The maximum atomic E-state index is 10.6. The molecule has 1 aliphatic rings. The van der Waals surface area contributed by atoms with E-state index in [1.54, 1.807) is 11.8 Å². The lowest BCUT2D eigenvalue weighted by molar-refractivity contribution is -0.126. The zero-order chi connectivity index (χ0) is 12.0. The summed E-state index contributed by atoms with van der Waals surface area (Å²) in [5, 5.41) is 0. The van der Waals surface area contributed by atoms with E-state index in [1.165, 1.54) is 0 Å². The molecule has 0 radical (unpaired) electrons. The van der Waals surface area contributed by atoms with Crippen LogP contribution < -0.4 is 0 Å². The highest BCUT2D eigenvalue weighted by Gasteiger charge is 2.14.